The van der Waals surface area contributed by atoms with E-state index >= 15 is 0 Å². The first kappa shape index (κ1) is 8.10. The molecular weight excluding hydrogens is 166 g/mol. The Hall–Kier alpha value is -1.51. The molecule has 0 aliphatic carbocycles. The fourth-order valence-electron chi connectivity index (χ4n) is 1.34. The number of nitrogens with one attached hydrogen (secondary N) is 1. The molecule has 0 aromatic heterocycles. The number of benzene rings is 1. The van der Waals surface area contributed by atoms with Crippen LogP contribution in [0.5, 0.6) is 5.75 Å². The molecule has 0 unspecified atom stereocenters. The van der Waals surface area contributed by atoms with Crippen LogP contribution in [0, 0.1) is 0 Å². The highest BCUT2D eigenvalue weighted by Crippen LogP contribution is 2.19. The van der Waals surface area contributed by atoms with Crippen molar-refractivity contribution in [3.63, 3.8) is 0 Å². The molecule has 1 aliphatic rings. The molecule has 1 N–H and O–H groups in total. The molecule has 0 saturated heterocycles. The molecule has 13 heavy (non-hydrogen) atoms. The fourth-order valence-corrected chi connectivity index (χ4v) is 1.34. The topological polar surface area (TPSA) is 38.3 Å². The van der Waals surface area contributed by atoms with Gasteiger partial charge < -0.3 is 10.1 Å². The first-order chi connectivity index (χ1) is 6.27. The zero-order valence-electron chi connectivity index (χ0n) is 7.41. The number of hydrogen-bond donors (Lipinski definition) is 1. The summed E-state index contributed by atoms with van der Waals surface area (Å²) in [6.45, 7) is 2.45. The largest absolute Gasteiger partial charge is 0.491 e. The average Bonchev–Trinajstić information content (AvgIpc) is 2.27. The molecule has 68 valence electrons. The third-order valence-corrected chi connectivity index (χ3v) is 2.00. The molecule has 1 heterocycles. The molecule has 1 aromatic carbocycles. The quantitative estimate of drug-likeness (QED) is 0.646. The van der Waals surface area contributed by atoms with Gasteiger partial charge in [-0.15, -0.1) is 0 Å². The number of para-hydroxylation sites is 1. The Kier molecular flexibility index (Phi) is 1.93. The second kappa shape index (κ2) is 3.09. The molecule has 3 nitrogen and oxygen atoms in total. The number of amides is 1. The molecular formula is C10H11NO2. The van der Waals surface area contributed by atoms with Gasteiger partial charge in [-0.25, -0.2) is 0 Å². The monoisotopic (exact) mass is 177 g/mol. The van der Waals surface area contributed by atoms with Crippen molar-refractivity contribution in [1.29, 1.82) is 0 Å². The first-order valence-electron chi connectivity index (χ1n) is 4.30. The van der Waals surface area contributed by atoms with Gasteiger partial charge in [0.05, 0.1) is 11.6 Å². The Labute approximate surface area is 76.7 Å². The van der Waals surface area contributed by atoms with Crippen LogP contribution < -0.4 is 10.1 Å². The minimum atomic E-state index is -0.0550. The molecule has 0 spiro atoms. The Morgan fingerprint density at radius 3 is 3.08 bits per heavy atom. The number of hydrogen-bond acceptors (Lipinski definition) is 2. The number of fused-ring (bicyclic) bond motifs is 1. The molecule has 0 radical (unpaired) electrons. The molecule has 0 fully saturated rings. The third kappa shape index (κ3) is 1.49. The van der Waals surface area contributed by atoms with E-state index in [4.69, 9.17) is 4.74 Å². The van der Waals surface area contributed by atoms with Gasteiger partial charge in [0.25, 0.3) is 5.91 Å². The van der Waals surface area contributed by atoms with Crippen molar-refractivity contribution in [1.82, 2.24) is 5.32 Å². The summed E-state index contributed by atoms with van der Waals surface area (Å²) in [5.74, 6) is 0.616. The highest BCUT2D eigenvalue weighted by atomic mass is 16.5. The predicted molar refractivity (Wildman–Crippen MR) is 48.9 cm³/mol. The first-order valence-corrected chi connectivity index (χ1v) is 4.30. The van der Waals surface area contributed by atoms with Crippen LogP contribution >= 0.6 is 0 Å². The second-order valence-electron chi connectivity index (χ2n) is 3.18. The predicted octanol–water partition coefficient (Wildman–Crippen LogP) is 1.20. The van der Waals surface area contributed by atoms with Crippen LogP contribution in [0.1, 0.15) is 17.3 Å². The minimum Gasteiger partial charge on any atom is -0.491 e. The lowest BCUT2D eigenvalue weighted by Gasteiger charge is -2.07. The highest BCUT2D eigenvalue weighted by molar-refractivity contribution is 5.97. The Bertz CT molecular complexity index is 335. The van der Waals surface area contributed by atoms with E-state index in [2.05, 4.69) is 5.32 Å². The van der Waals surface area contributed by atoms with Gasteiger partial charge >= 0.3 is 0 Å². The van der Waals surface area contributed by atoms with Crippen LogP contribution in [0.25, 0.3) is 0 Å². The van der Waals surface area contributed by atoms with Gasteiger partial charge in [-0.3, -0.25) is 4.79 Å². The Morgan fingerprint density at radius 2 is 2.23 bits per heavy atom. The summed E-state index contributed by atoms with van der Waals surface area (Å²) in [4.78, 5) is 11.5. The van der Waals surface area contributed by atoms with E-state index in [0.717, 1.165) is 0 Å². The maximum absolute atomic E-state index is 11.5. The summed E-state index contributed by atoms with van der Waals surface area (Å²) < 4.78 is 5.45. The lowest BCUT2D eigenvalue weighted by atomic mass is 10.2. The van der Waals surface area contributed by atoms with Crippen LogP contribution in [-0.4, -0.2) is 18.6 Å². The molecule has 1 aliphatic heterocycles. The number of ether oxygens (including phenoxy) is 1. The van der Waals surface area contributed by atoms with Gasteiger partial charge in [-0.2, -0.15) is 0 Å². The highest BCUT2D eigenvalue weighted by Gasteiger charge is 2.18. The van der Waals surface area contributed by atoms with Gasteiger partial charge in [0.1, 0.15) is 12.4 Å². The number of carbonyl (C=O) groups excluding carboxylic acids is 1. The lowest BCUT2D eigenvalue weighted by Crippen LogP contribution is -2.33. The summed E-state index contributed by atoms with van der Waals surface area (Å²) >= 11 is 0. The molecule has 2 rings (SSSR count). The van der Waals surface area contributed by atoms with Crippen molar-refractivity contribution in [2.75, 3.05) is 6.61 Å². The molecule has 0 saturated carbocycles. The molecule has 0 bridgehead atoms. The lowest BCUT2D eigenvalue weighted by molar-refractivity contribution is 0.0942. The molecule has 1 amide bonds. The second-order valence-corrected chi connectivity index (χ2v) is 3.18. The fraction of sp³-hybridized carbons (Fsp3) is 0.300. The molecule has 3 heteroatoms. The van der Waals surface area contributed by atoms with E-state index in [1.165, 1.54) is 0 Å². The van der Waals surface area contributed by atoms with E-state index < -0.39 is 0 Å². The van der Waals surface area contributed by atoms with Crippen molar-refractivity contribution < 1.29 is 9.53 Å². The summed E-state index contributed by atoms with van der Waals surface area (Å²) in [5, 5.41) is 2.83. The third-order valence-electron chi connectivity index (χ3n) is 2.00. The van der Waals surface area contributed by atoms with Crippen molar-refractivity contribution in [3.05, 3.63) is 29.8 Å². The summed E-state index contributed by atoms with van der Waals surface area (Å²) in [5.41, 5.74) is 0.617. The number of rotatable bonds is 0. The van der Waals surface area contributed by atoms with Crippen molar-refractivity contribution in [2.45, 2.75) is 13.0 Å². The summed E-state index contributed by atoms with van der Waals surface area (Å²) in [7, 11) is 0. The van der Waals surface area contributed by atoms with E-state index in [9.17, 15) is 4.79 Å². The minimum absolute atomic E-state index is 0.0550. The van der Waals surface area contributed by atoms with Gasteiger partial charge in [0.15, 0.2) is 0 Å². The van der Waals surface area contributed by atoms with Crippen molar-refractivity contribution >= 4 is 5.91 Å². The average molecular weight is 177 g/mol. The normalized spacial score (nSPS) is 21.0. The smallest absolute Gasteiger partial charge is 0.255 e. The Balaban J connectivity index is 2.40. The van der Waals surface area contributed by atoms with Crippen molar-refractivity contribution in [2.24, 2.45) is 0 Å². The van der Waals surface area contributed by atoms with E-state index in [1.807, 2.05) is 25.1 Å². The molecule has 1 aromatic rings. The molecule has 1 atom stereocenters. The van der Waals surface area contributed by atoms with Gasteiger partial charge in [0, 0.05) is 0 Å². The van der Waals surface area contributed by atoms with Crippen molar-refractivity contribution in [3.8, 4) is 5.75 Å². The number of carbonyl (C=O) groups is 1. The van der Waals surface area contributed by atoms with Crippen LogP contribution in [0.2, 0.25) is 0 Å². The SMILES string of the molecule is C[C@H]1COc2ccccc2C(=O)N1. The van der Waals surface area contributed by atoms with Crippen LogP contribution in [-0.2, 0) is 0 Å². The maximum atomic E-state index is 11.5. The summed E-state index contributed by atoms with van der Waals surface area (Å²) in [6.07, 6.45) is 0. The van der Waals surface area contributed by atoms with E-state index in [-0.39, 0.29) is 11.9 Å². The van der Waals surface area contributed by atoms with Crippen LogP contribution in [0.3, 0.4) is 0 Å². The standard InChI is InChI=1S/C10H11NO2/c1-7-6-13-9-5-3-2-4-8(9)10(12)11-7/h2-5,7H,6H2,1H3,(H,11,12)/t7-/m0/s1. The van der Waals surface area contributed by atoms with Crippen LogP contribution in [0.15, 0.2) is 24.3 Å². The van der Waals surface area contributed by atoms with Crippen LogP contribution in [0.4, 0.5) is 0 Å². The van der Waals surface area contributed by atoms with E-state index in [1.54, 1.807) is 6.07 Å². The van der Waals surface area contributed by atoms with Gasteiger partial charge in [0.2, 0.25) is 0 Å². The van der Waals surface area contributed by atoms with Gasteiger partial charge in [-0.1, -0.05) is 12.1 Å². The zero-order valence-corrected chi connectivity index (χ0v) is 7.41. The zero-order chi connectivity index (χ0) is 9.26. The maximum Gasteiger partial charge on any atom is 0.255 e. The summed E-state index contributed by atoms with van der Waals surface area (Å²) in [6, 6.07) is 7.34. The van der Waals surface area contributed by atoms with E-state index in [0.29, 0.717) is 17.9 Å². The van der Waals surface area contributed by atoms with Gasteiger partial charge in [-0.05, 0) is 19.1 Å². The Morgan fingerprint density at radius 1 is 1.46 bits per heavy atom.